The van der Waals surface area contributed by atoms with Crippen molar-refractivity contribution in [3.63, 3.8) is 0 Å². The highest BCUT2D eigenvalue weighted by Gasteiger charge is 2.44. The van der Waals surface area contributed by atoms with Crippen LogP contribution in [-0.4, -0.2) is 28.8 Å². The Morgan fingerprint density at radius 2 is 1.70 bits per heavy atom. The Morgan fingerprint density at radius 1 is 0.973 bits per heavy atom. The summed E-state index contributed by atoms with van der Waals surface area (Å²) >= 11 is 0. The van der Waals surface area contributed by atoms with Gasteiger partial charge in [0, 0.05) is 18.3 Å². The van der Waals surface area contributed by atoms with Crippen molar-refractivity contribution >= 4 is 11.8 Å². The van der Waals surface area contributed by atoms with E-state index in [2.05, 4.69) is 10.3 Å². The number of ether oxygens (including phenoxy) is 1. The van der Waals surface area contributed by atoms with E-state index >= 15 is 0 Å². The Morgan fingerprint density at radius 3 is 2.41 bits per heavy atom. The topological polar surface area (TPSA) is 71.5 Å². The average molecular weight is 496 g/mol. The van der Waals surface area contributed by atoms with Gasteiger partial charge in [0.25, 0.3) is 5.91 Å². The molecule has 0 radical (unpaired) electrons. The van der Waals surface area contributed by atoms with E-state index in [1.54, 1.807) is 42.5 Å². The van der Waals surface area contributed by atoms with Crippen LogP contribution >= 0.6 is 0 Å². The molecule has 186 valence electrons. The van der Waals surface area contributed by atoms with Gasteiger partial charge in [0.15, 0.2) is 0 Å². The van der Waals surface area contributed by atoms with Crippen molar-refractivity contribution in [3.05, 3.63) is 131 Å². The minimum Gasteiger partial charge on any atom is -0.497 e. The van der Waals surface area contributed by atoms with Crippen LogP contribution in [0.5, 0.6) is 5.75 Å². The minimum absolute atomic E-state index is 0.186. The molecule has 0 bridgehead atoms. The monoisotopic (exact) mass is 495 g/mol. The lowest BCUT2D eigenvalue weighted by atomic mass is 9.79. The summed E-state index contributed by atoms with van der Waals surface area (Å²) in [6.07, 6.45) is 1.68. The minimum atomic E-state index is -0.675. The van der Waals surface area contributed by atoms with Crippen LogP contribution in [0.4, 0.5) is 4.39 Å². The molecule has 0 spiro atoms. The van der Waals surface area contributed by atoms with Crippen molar-refractivity contribution in [3.8, 4) is 5.75 Å². The third-order valence-electron chi connectivity index (χ3n) is 6.61. The van der Waals surface area contributed by atoms with Crippen molar-refractivity contribution in [1.82, 2.24) is 15.2 Å². The number of rotatable bonds is 7. The molecule has 1 aromatic heterocycles. The number of amides is 2. The summed E-state index contributed by atoms with van der Waals surface area (Å²) in [7, 11) is 1.59. The Hall–Kier alpha value is -4.52. The number of methoxy groups -OCH3 is 1. The van der Waals surface area contributed by atoms with Gasteiger partial charge >= 0.3 is 0 Å². The number of pyridine rings is 1. The Kier molecular flexibility index (Phi) is 6.94. The summed E-state index contributed by atoms with van der Waals surface area (Å²) in [6, 6.07) is 25.6. The first-order valence-electron chi connectivity index (χ1n) is 12.0. The van der Waals surface area contributed by atoms with Gasteiger partial charge < -0.3 is 15.0 Å². The molecule has 1 N–H and O–H groups in total. The maximum atomic E-state index is 13.8. The second-order valence-electron chi connectivity index (χ2n) is 8.88. The van der Waals surface area contributed by atoms with Crippen LogP contribution in [-0.2, 0) is 17.9 Å². The van der Waals surface area contributed by atoms with Crippen LogP contribution in [0.1, 0.15) is 44.7 Å². The van der Waals surface area contributed by atoms with Crippen molar-refractivity contribution in [1.29, 1.82) is 0 Å². The molecule has 7 heteroatoms. The fourth-order valence-corrected chi connectivity index (χ4v) is 4.80. The van der Waals surface area contributed by atoms with Gasteiger partial charge in [-0.15, -0.1) is 0 Å². The predicted molar refractivity (Wildman–Crippen MR) is 137 cm³/mol. The van der Waals surface area contributed by atoms with E-state index in [0.29, 0.717) is 16.9 Å². The van der Waals surface area contributed by atoms with Crippen molar-refractivity contribution in [2.45, 2.75) is 25.0 Å². The van der Waals surface area contributed by atoms with Crippen molar-refractivity contribution < 1.29 is 18.7 Å². The third kappa shape index (κ3) is 5.07. The zero-order chi connectivity index (χ0) is 25.8. The van der Waals surface area contributed by atoms with Crippen LogP contribution in [0.15, 0.2) is 97.2 Å². The molecule has 5 rings (SSSR count). The van der Waals surface area contributed by atoms with Gasteiger partial charge in [-0.05, 0) is 59.2 Å². The summed E-state index contributed by atoms with van der Waals surface area (Å²) in [5.74, 6) is -0.749. The van der Waals surface area contributed by atoms with E-state index in [-0.39, 0.29) is 30.7 Å². The summed E-state index contributed by atoms with van der Waals surface area (Å²) < 4.78 is 18.9. The molecule has 0 saturated heterocycles. The summed E-state index contributed by atoms with van der Waals surface area (Å²) in [5.41, 5.74) is 3.44. The first kappa shape index (κ1) is 24.2. The molecule has 4 aromatic rings. The Bertz CT molecular complexity index is 1390. The van der Waals surface area contributed by atoms with Gasteiger partial charge in [-0.3, -0.25) is 14.6 Å². The van der Waals surface area contributed by atoms with Crippen LogP contribution < -0.4 is 10.1 Å². The molecule has 2 atom stereocenters. The molecule has 1 aliphatic rings. The second kappa shape index (κ2) is 10.6. The van der Waals surface area contributed by atoms with E-state index in [0.717, 1.165) is 16.8 Å². The number of fused-ring (bicyclic) bond motifs is 1. The second-order valence-corrected chi connectivity index (χ2v) is 8.88. The van der Waals surface area contributed by atoms with Crippen molar-refractivity contribution in [2.24, 2.45) is 0 Å². The maximum Gasteiger partial charge on any atom is 0.255 e. The lowest BCUT2D eigenvalue weighted by Gasteiger charge is -2.42. The predicted octanol–water partition coefficient (Wildman–Crippen LogP) is 5.03. The number of aromatic nitrogens is 1. The fourth-order valence-electron chi connectivity index (χ4n) is 4.80. The maximum absolute atomic E-state index is 13.8. The third-order valence-corrected chi connectivity index (χ3v) is 6.61. The first-order valence-corrected chi connectivity index (χ1v) is 12.0. The van der Waals surface area contributed by atoms with Crippen LogP contribution in [0, 0.1) is 5.82 Å². The quantitative estimate of drug-likeness (QED) is 0.391. The zero-order valence-corrected chi connectivity index (χ0v) is 20.3. The summed E-state index contributed by atoms with van der Waals surface area (Å²) in [4.78, 5) is 33.7. The number of halogens is 1. The lowest BCUT2D eigenvalue weighted by Crippen LogP contribution is -2.47. The van der Waals surface area contributed by atoms with Gasteiger partial charge in [-0.25, -0.2) is 4.39 Å². The average Bonchev–Trinajstić information content (AvgIpc) is 2.95. The number of carbonyl (C=O) groups excluding carboxylic acids is 2. The summed E-state index contributed by atoms with van der Waals surface area (Å²) in [5, 5.41) is 3.02. The Labute approximate surface area is 214 Å². The van der Waals surface area contributed by atoms with Crippen LogP contribution in [0.25, 0.3) is 0 Å². The molecule has 1 aliphatic heterocycles. The number of carbonyl (C=O) groups is 2. The molecule has 0 fully saturated rings. The molecule has 2 heterocycles. The number of benzene rings is 3. The zero-order valence-electron chi connectivity index (χ0n) is 20.3. The molecule has 2 amide bonds. The number of hydrogen-bond acceptors (Lipinski definition) is 4. The smallest absolute Gasteiger partial charge is 0.255 e. The number of nitrogens with zero attached hydrogens (tertiary/aromatic N) is 2. The first-order chi connectivity index (χ1) is 18.0. The molecule has 37 heavy (non-hydrogen) atoms. The fraction of sp³-hybridized carbons (Fsp3) is 0.167. The van der Waals surface area contributed by atoms with Gasteiger partial charge in [0.2, 0.25) is 5.91 Å². The highest BCUT2D eigenvalue weighted by atomic mass is 19.1. The molecule has 6 nitrogen and oxygen atoms in total. The van der Waals surface area contributed by atoms with E-state index in [4.69, 9.17) is 4.74 Å². The van der Waals surface area contributed by atoms with Crippen LogP contribution in [0.3, 0.4) is 0 Å². The molecular formula is C30H26FN3O3. The summed E-state index contributed by atoms with van der Waals surface area (Å²) in [6.45, 7) is 0.480. The van der Waals surface area contributed by atoms with Gasteiger partial charge in [-0.2, -0.15) is 0 Å². The number of nitrogens with one attached hydrogen (secondary N) is 1. The lowest BCUT2D eigenvalue weighted by molar-refractivity contribution is -0.124. The van der Waals surface area contributed by atoms with Gasteiger partial charge in [-0.1, -0.05) is 48.5 Å². The Balaban J connectivity index is 1.58. The molecular weight excluding hydrogens is 469 g/mol. The SMILES string of the molecule is COc1ccc([C@H]2[C@H](C(=O)NCc3ccccn3)c3ccccc3C(=O)N2Cc2ccc(F)cc2)cc1. The van der Waals surface area contributed by atoms with Gasteiger partial charge in [0.1, 0.15) is 11.6 Å². The van der Waals surface area contributed by atoms with E-state index in [9.17, 15) is 14.0 Å². The van der Waals surface area contributed by atoms with E-state index < -0.39 is 12.0 Å². The molecule has 3 aromatic carbocycles. The molecule has 0 unspecified atom stereocenters. The van der Waals surface area contributed by atoms with E-state index in [1.807, 2.05) is 54.6 Å². The molecule has 0 saturated carbocycles. The number of hydrogen-bond donors (Lipinski definition) is 1. The van der Waals surface area contributed by atoms with Crippen LogP contribution in [0.2, 0.25) is 0 Å². The van der Waals surface area contributed by atoms with Crippen molar-refractivity contribution in [2.75, 3.05) is 7.11 Å². The normalized spacial score (nSPS) is 16.7. The highest BCUT2D eigenvalue weighted by molar-refractivity contribution is 6.01. The van der Waals surface area contributed by atoms with Gasteiger partial charge in [0.05, 0.1) is 31.3 Å². The van der Waals surface area contributed by atoms with E-state index in [1.165, 1.54) is 12.1 Å². The largest absolute Gasteiger partial charge is 0.497 e. The standard InChI is InChI=1S/C30H26FN3O3/c1-37-24-15-11-21(12-16-24)28-27(29(35)33-18-23-6-4-5-17-32-23)25-7-2-3-8-26(25)30(36)34(28)19-20-9-13-22(31)14-10-20/h2-17,27-28H,18-19H2,1H3,(H,33,35)/t27-,28+/m1/s1. The highest BCUT2D eigenvalue weighted by Crippen LogP contribution is 2.44. The molecule has 0 aliphatic carbocycles.